The minimum Gasteiger partial charge on any atom is -0.399 e. The average Bonchev–Trinajstić information content (AvgIpc) is 3.68. The van der Waals surface area contributed by atoms with Crippen LogP contribution in [0.3, 0.4) is 0 Å². The Morgan fingerprint density at radius 3 is 1.80 bits per heavy atom. The van der Waals surface area contributed by atoms with Crippen LogP contribution in [0.4, 0.5) is 17.1 Å². The zero-order chi connectivity index (χ0) is 34.4. The molecule has 2 heterocycles. The number of hydrogen-bond donors (Lipinski definition) is 0. The first-order valence-electron chi connectivity index (χ1n) is 17.5. The van der Waals surface area contributed by atoms with E-state index >= 15 is 0 Å². The topological polar surface area (TPSA) is 21.7 Å². The molecule has 1 saturated heterocycles. The summed E-state index contributed by atoms with van der Waals surface area (Å²) < 4.78 is 15.4. The van der Waals surface area contributed by atoms with Gasteiger partial charge in [0.15, 0.2) is 0 Å². The van der Waals surface area contributed by atoms with E-state index in [9.17, 15) is 0 Å². The van der Waals surface area contributed by atoms with Crippen molar-refractivity contribution >= 4 is 61.2 Å². The normalized spacial score (nSPS) is 16.9. The van der Waals surface area contributed by atoms with Crippen LogP contribution in [0.5, 0.6) is 0 Å². The predicted octanol–water partition coefficient (Wildman–Crippen LogP) is 11.8. The summed E-state index contributed by atoms with van der Waals surface area (Å²) in [6.07, 6.45) is 0. The quantitative estimate of drug-likeness (QED) is 0.170. The highest BCUT2D eigenvalue weighted by Crippen LogP contribution is 2.51. The van der Waals surface area contributed by atoms with Crippen LogP contribution in [0.15, 0.2) is 133 Å². The van der Waals surface area contributed by atoms with Crippen LogP contribution in [-0.2, 0) is 14.7 Å². The van der Waals surface area contributed by atoms with Gasteiger partial charge >= 0.3 is 7.12 Å². The Hall–Kier alpha value is -4.68. The van der Waals surface area contributed by atoms with Crippen LogP contribution in [0, 0.1) is 0 Å². The number of hydrogen-bond acceptors (Lipinski definition) is 4. The number of thiophene rings is 1. The standard InChI is InChI=1S/C45H40BNO2S/c1-43(2)39-15-11-10-14-35(39)36-23-21-34(28-40(36)43)47(32-19-16-30(17-20-32)29-12-8-7-9-13-29)33-22-25-42-38(27-33)37-26-31(18-24-41(37)50-42)46-48-44(3,4)45(5,6)49-46/h7-28H,1-6H3. The summed E-state index contributed by atoms with van der Waals surface area (Å²) in [6.45, 7) is 13.1. The fourth-order valence-corrected chi connectivity index (χ4v) is 8.83. The number of benzene rings is 6. The molecule has 0 unspecified atom stereocenters. The third kappa shape index (κ3) is 4.86. The third-order valence-electron chi connectivity index (χ3n) is 11.3. The largest absolute Gasteiger partial charge is 0.494 e. The maximum Gasteiger partial charge on any atom is 0.494 e. The molecule has 1 fully saturated rings. The van der Waals surface area contributed by atoms with Crippen LogP contribution in [0.25, 0.3) is 42.4 Å². The lowest BCUT2D eigenvalue weighted by Gasteiger charge is -2.32. The summed E-state index contributed by atoms with van der Waals surface area (Å²) in [7, 11) is -0.402. The molecule has 3 nitrogen and oxygen atoms in total. The smallest absolute Gasteiger partial charge is 0.399 e. The van der Waals surface area contributed by atoms with Crippen molar-refractivity contribution in [3.63, 3.8) is 0 Å². The predicted molar refractivity (Wildman–Crippen MR) is 213 cm³/mol. The molecule has 0 atom stereocenters. The molecule has 7 aromatic rings. The first-order chi connectivity index (χ1) is 24.0. The first kappa shape index (κ1) is 31.3. The van der Waals surface area contributed by atoms with Gasteiger partial charge in [-0.1, -0.05) is 98.8 Å². The van der Waals surface area contributed by atoms with Crippen molar-refractivity contribution in [1.82, 2.24) is 0 Å². The second-order valence-corrected chi connectivity index (χ2v) is 16.4. The summed E-state index contributed by atoms with van der Waals surface area (Å²) in [5, 5.41) is 2.46. The summed E-state index contributed by atoms with van der Waals surface area (Å²) in [5.74, 6) is 0. The number of anilines is 3. The fourth-order valence-electron chi connectivity index (χ4n) is 7.76. The molecule has 0 radical (unpaired) electrons. The van der Waals surface area contributed by atoms with Crippen LogP contribution in [0.2, 0.25) is 0 Å². The van der Waals surface area contributed by atoms with E-state index in [1.807, 2.05) is 11.3 Å². The van der Waals surface area contributed by atoms with Crippen molar-refractivity contribution in [3.8, 4) is 22.3 Å². The third-order valence-corrected chi connectivity index (χ3v) is 12.5. The van der Waals surface area contributed by atoms with Gasteiger partial charge in [-0.15, -0.1) is 11.3 Å². The van der Waals surface area contributed by atoms with Gasteiger partial charge in [-0.3, -0.25) is 0 Å². The molecule has 0 saturated carbocycles. The molecule has 6 aromatic carbocycles. The molecule has 1 aliphatic carbocycles. The van der Waals surface area contributed by atoms with Gasteiger partial charge < -0.3 is 14.2 Å². The molecular formula is C45H40BNO2S. The molecule has 50 heavy (non-hydrogen) atoms. The molecule has 5 heteroatoms. The number of fused-ring (bicyclic) bond motifs is 6. The lowest BCUT2D eigenvalue weighted by molar-refractivity contribution is 0.00578. The molecular weight excluding hydrogens is 629 g/mol. The molecule has 1 aromatic heterocycles. The van der Waals surface area contributed by atoms with Crippen molar-refractivity contribution in [2.24, 2.45) is 0 Å². The molecule has 246 valence electrons. The van der Waals surface area contributed by atoms with Gasteiger partial charge in [-0.2, -0.15) is 0 Å². The van der Waals surface area contributed by atoms with E-state index in [-0.39, 0.29) is 5.41 Å². The average molecular weight is 670 g/mol. The van der Waals surface area contributed by atoms with Crippen molar-refractivity contribution in [2.45, 2.75) is 58.2 Å². The molecule has 0 amide bonds. The van der Waals surface area contributed by atoms with Crippen molar-refractivity contribution < 1.29 is 9.31 Å². The van der Waals surface area contributed by atoms with E-state index in [0.29, 0.717) is 0 Å². The molecule has 0 bridgehead atoms. The Balaban J connectivity index is 1.19. The van der Waals surface area contributed by atoms with E-state index in [1.54, 1.807) is 0 Å². The molecule has 0 N–H and O–H groups in total. The lowest BCUT2D eigenvalue weighted by Crippen LogP contribution is -2.41. The van der Waals surface area contributed by atoms with Crippen LogP contribution in [0.1, 0.15) is 52.7 Å². The highest BCUT2D eigenvalue weighted by molar-refractivity contribution is 7.25. The van der Waals surface area contributed by atoms with Gasteiger partial charge in [0.05, 0.1) is 11.2 Å². The zero-order valence-corrected chi connectivity index (χ0v) is 30.3. The van der Waals surface area contributed by atoms with E-state index in [4.69, 9.17) is 9.31 Å². The SMILES string of the molecule is CC1(C)c2ccccc2-c2ccc(N(c3ccc(-c4ccccc4)cc3)c3ccc4sc5ccc(B6OC(C)(C)C(C)(C)O6)cc5c4c3)cc21. The summed E-state index contributed by atoms with van der Waals surface area (Å²) in [5.41, 5.74) is 11.4. The zero-order valence-electron chi connectivity index (χ0n) is 29.5. The number of rotatable bonds is 5. The van der Waals surface area contributed by atoms with Gasteiger partial charge in [-0.05, 0) is 115 Å². The fraction of sp³-hybridized carbons (Fsp3) is 0.200. The summed E-state index contributed by atoms with van der Waals surface area (Å²) in [6, 6.07) is 49.0. The molecule has 1 aliphatic heterocycles. The van der Waals surface area contributed by atoms with Crippen LogP contribution < -0.4 is 10.4 Å². The minimum atomic E-state index is -0.402. The van der Waals surface area contributed by atoms with Crippen molar-refractivity contribution in [2.75, 3.05) is 4.90 Å². The van der Waals surface area contributed by atoms with E-state index in [0.717, 1.165) is 22.5 Å². The summed E-state index contributed by atoms with van der Waals surface area (Å²) >= 11 is 1.83. The Kier molecular flexibility index (Phi) is 6.99. The Bertz CT molecular complexity index is 2410. The highest BCUT2D eigenvalue weighted by atomic mass is 32.1. The van der Waals surface area contributed by atoms with Crippen molar-refractivity contribution in [1.29, 1.82) is 0 Å². The van der Waals surface area contributed by atoms with E-state index in [1.165, 1.54) is 53.6 Å². The van der Waals surface area contributed by atoms with Gasteiger partial charge in [0, 0.05) is 42.6 Å². The van der Waals surface area contributed by atoms with Crippen molar-refractivity contribution in [3.05, 3.63) is 145 Å². The maximum atomic E-state index is 6.46. The molecule has 9 rings (SSSR count). The van der Waals surface area contributed by atoms with E-state index < -0.39 is 18.3 Å². The van der Waals surface area contributed by atoms with Gasteiger partial charge in [0.25, 0.3) is 0 Å². The van der Waals surface area contributed by atoms with E-state index in [2.05, 4.69) is 180 Å². The second-order valence-electron chi connectivity index (χ2n) is 15.3. The monoisotopic (exact) mass is 669 g/mol. The van der Waals surface area contributed by atoms with Gasteiger partial charge in [0.2, 0.25) is 0 Å². The van der Waals surface area contributed by atoms with Gasteiger partial charge in [0.1, 0.15) is 0 Å². The van der Waals surface area contributed by atoms with Crippen LogP contribution in [-0.4, -0.2) is 18.3 Å². The minimum absolute atomic E-state index is 0.0950. The molecule has 2 aliphatic rings. The maximum absolute atomic E-state index is 6.46. The van der Waals surface area contributed by atoms with Gasteiger partial charge in [-0.25, -0.2) is 0 Å². The Morgan fingerprint density at radius 2 is 1.06 bits per heavy atom. The number of nitrogens with zero attached hydrogens (tertiary/aromatic N) is 1. The first-order valence-corrected chi connectivity index (χ1v) is 18.3. The second kappa shape index (κ2) is 11.2. The van der Waals surface area contributed by atoms with Crippen LogP contribution >= 0.6 is 11.3 Å². The molecule has 0 spiro atoms. The Morgan fingerprint density at radius 1 is 0.500 bits per heavy atom. The summed E-state index contributed by atoms with van der Waals surface area (Å²) in [4.78, 5) is 2.41. The Labute approximate surface area is 299 Å². The lowest BCUT2D eigenvalue weighted by atomic mass is 9.78. The highest BCUT2D eigenvalue weighted by Gasteiger charge is 2.51.